The molecule has 0 bridgehead atoms. The summed E-state index contributed by atoms with van der Waals surface area (Å²) in [6, 6.07) is 18.2. The van der Waals surface area contributed by atoms with Crippen molar-refractivity contribution < 1.29 is 14.7 Å². The second kappa shape index (κ2) is 7.94. The van der Waals surface area contributed by atoms with Gasteiger partial charge in [-0.1, -0.05) is 48.5 Å². The Bertz CT molecular complexity index is 710. The van der Waals surface area contributed by atoms with Crippen molar-refractivity contribution in [3.63, 3.8) is 0 Å². The van der Waals surface area contributed by atoms with Gasteiger partial charge in [-0.2, -0.15) is 0 Å². The number of piperazine rings is 1. The van der Waals surface area contributed by atoms with Crippen molar-refractivity contribution in [2.45, 2.75) is 12.5 Å². The molecular weight excluding hydrogens is 316 g/mol. The summed E-state index contributed by atoms with van der Waals surface area (Å²) >= 11 is 0. The maximum atomic E-state index is 12.4. The molecule has 0 spiro atoms. The first-order valence-corrected chi connectivity index (χ1v) is 8.50. The third kappa shape index (κ3) is 4.25. The van der Waals surface area contributed by atoms with Gasteiger partial charge in [0.2, 0.25) is 0 Å². The van der Waals surface area contributed by atoms with E-state index in [1.807, 2.05) is 29.2 Å². The van der Waals surface area contributed by atoms with Gasteiger partial charge in [-0.25, -0.2) is 0 Å². The molecule has 1 aliphatic rings. The Morgan fingerprint density at radius 1 is 0.880 bits per heavy atom. The molecule has 0 radical (unpaired) electrons. The SMILES string of the molecule is O=C(CC(C(=O)O)N1CCN(c2ccccc2)CC1)c1ccccc1. The van der Waals surface area contributed by atoms with Crippen LogP contribution in [-0.4, -0.2) is 54.0 Å². The summed E-state index contributed by atoms with van der Waals surface area (Å²) < 4.78 is 0. The van der Waals surface area contributed by atoms with Gasteiger partial charge in [-0.05, 0) is 12.1 Å². The molecule has 0 aromatic heterocycles. The van der Waals surface area contributed by atoms with Crippen LogP contribution in [-0.2, 0) is 4.79 Å². The molecule has 1 N–H and O–H groups in total. The Hall–Kier alpha value is -2.66. The molecule has 5 heteroatoms. The van der Waals surface area contributed by atoms with E-state index in [-0.39, 0.29) is 12.2 Å². The van der Waals surface area contributed by atoms with Crippen LogP contribution in [0.4, 0.5) is 5.69 Å². The molecule has 2 aromatic rings. The van der Waals surface area contributed by atoms with Gasteiger partial charge in [-0.15, -0.1) is 0 Å². The summed E-state index contributed by atoms with van der Waals surface area (Å²) in [4.78, 5) is 28.2. The quantitative estimate of drug-likeness (QED) is 0.820. The fraction of sp³-hybridized carbons (Fsp3) is 0.300. The Balaban J connectivity index is 1.62. The first-order valence-electron chi connectivity index (χ1n) is 8.50. The van der Waals surface area contributed by atoms with Crippen molar-refractivity contribution in [1.82, 2.24) is 4.90 Å². The van der Waals surface area contributed by atoms with E-state index in [2.05, 4.69) is 17.0 Å². The number of hydrogen-bond donors (Lipinski definition) is 1. The van der Waals surface area contributed by atoms with E-state index in [1.165, 1.54) is 0 Å². The second-order valence-corrected chi connectivity index (χ2v) is 6.21. The van der Waals surface area contributed by atoms with Crippen LogP contribution < -0.4 is 4.90 Å². The molecular formula is C20H22N2O3. The molecule has 1 unspecified atom stereocenters. The highest BCUT2D eigenvalue weighted by molar-refractivity contribution is 5.98. The maximum absolute atomic E-state index is 12.4. The normalized spacial score (nSPS) is 16.4. The number of carbonyl (C=O) groups excluding carboxylic acids is 1. The van der Waals surface area contributed by atoms with Crippen LogP contribution in [0.15, 0.2) is 60.7 Å². The lowest BCUT2D eigenvalue weighted by molar-refractivity contribution is -0.143. The zero-order valence-corrected chi connectivity index (χ0v) is 14.0. The van der Waals surface area contributed by atoms with Crippen LogP contribution in [0.1, 0.15) is 16.8 Å². The van der Waals surface area contributed by atoms with Crippen LogP contribution in [0.3, 0.4) is 0 Å². The largest absolute Gasteiger partial charge is 0.480 e. The highest BCUT2D eigenvalue weighted by atomic mass is 16.4. The maximum Gasteiger partial charge on any atom is 0.321 e. The second-order valence-electron chi connectivity index (χ2n) is 6.21. The summed E-state index contributed by atoms with van der Waals surface area (Å²) in [5.74, 6) is -1.06. The highest BCUT2D eigenvalue weighted by Crippen LogP contribution is 2.18. The summed E-state index contributed by atoms with van der Waals surface area (Å²) in [6.45, 7) is 2.78. The molecule has 0 aliphatic carbocycles. The molecule has 1 aliphatic heterocycles. The molecule has 1 atom stereocenters. The van der Waals surface area contributed by atoms with Crippen LogP contribution in [0.25, 0.3) is 0 Å². The van der Waals surface area contributed by atoms with Gasteiger partial charge >= 0.3 is 5.97 Å². The summed E-state index contributed by atoms with van der Waals surface area (Å²) in [5.41, 5.74) is 1.71. The van der Waals surface area contributed by atoms with Crippen LogP contribution >= 0.6 is 0 Å². The lowest BCUT2D eigenvalue weighted by Gasteiger charge is -2.38. The Labute approximate surface area is 147 Å². The first-order chi connectivity index (χ1) is 12.1. The molecule has 1 heterocycles. The van der Waals surface area contributed by atoms with Crippen molar-refractivity contribution >= 4 is 17.4 Å². The highest BCUT2D eigenvalue weighted by Gasteiger charge is 2.31. The number of rotatable bonds is 6. The van der Waals surface area contributed by atoms with Crippen molar-refractivity contribution in [1.29, 1.82) is 0 Å². The van der Waals surface area contributed by atoms with E-state index in [0.717, 1.165) is 18.8 Å². The fourth-order valence-corrected chi connectivity index (χ4v) is 3.22. The number of carboxylic acids is 1. The number of carboxylic acid groups (broad SMARTS) is 1. The minimum atomic E-state index is -0.933. The minimum Gasteiger partial charge on any atom is -0.480 e. The molecule has 2 aromatic carbocycles. The lowest BCUT2D eigenvalue weighted by Crippen LogP contribution is -2.53. The zero-order valence-electron chi connectivity index (χ0n) is 14.0. The van der Waals surface area contributed by atoms with Gasteiger partial charge < -0.3 is 10.0 Å². The van der Waals surface area contributed by atoms with E-state index < -0.39 is 12.0 Å². The van der Waals surface area contributed by atoms with E-state index in [1.54, 1.807) is 24.3 Å². The smallest absolute Gasteiger partial charge is 0.321 e. The molecule has 130 valence electrons. The Morgan fingerprint density at radius 2 is 1.44 bits per heavy atom. The number of para-hydroxylation sites is 1. The summed E-state index contributed by atoms with van der Waals surface area (Å²) in [5, 5.41) is 9.60. The Morgan fingerprint density at radius 3 is 2.00 bits per heavy atom. The van der Waals surface area contributed by atoms with Crippen molar-refractivity contribution in [2.75, 3.05) is 31.1 Å². The van der Waals surface area contributed by atoms with Crippen molar-refractivity contribution in [2.24, 2.45) is 0 Å². The predicted octanol–water partition coefficient (Wildman–Crippen LogP) is 2.53. The average molecular weight is 338 g/mol. The minimum absolute atomic E-state index is 0.00465. The molecule has 0 saturated carbocycles. The number of carbonyl (C=O) groups is 2. The molecule has 0 amide bonds. The number of ketones is 1. The van der Waals surface area contributed by atoms with E-state index >= 15 is 0 Å². The molecule has 25 heavy (non-hydrogen) atoms. The standard InChI is InChI=1S/C20H22N2O3/c23-19(16-7-3-1-4-8-16)15-18(20(24)25)22-13-11-21(12-14-22)17-9-5-2-6-10-17/h1-10,18H,11-15H2,(H,24,25). The summed E-state index contributed by atoms with van der Waals surface area (Å²) in [7, 11) is 0. The lowest BCUT2D eigenvalue weighted by atomic mass is 10.0. The van der Waals surface area contributed by atoms with Gasteiger partial charge in [0.1, 0.15) is 6.04 Å². The number of aliphatic carboxylic acids is 1. The number of anilines is 1. The third-order valence-electron chi connectivity index (χ3n) is 4.64. The van der Waals surface area contributed by atoms with Gasteiger partial charge in [0, 0.05) is 43.9 Å². The van der Waals surface area contributed by atoms with Crippen LogP contribution in [0.5, 0.6) is 0 Å². The average Bonchev–Trinajstić information content (AvgIpc) is 2.67. The monoisotopic (exact) mass is 338 g/mol. The predicted molar refractivity (Wildman–Crippen MR) is 97.0 cm³/mol. The van der Waals surface area contributed by atoms with Gasteiger partial charge in [-0.3, -0.25) is 14.5 Å². The molecule has 3 rings (SSSR count). The van der Waals surface area contributed by atoms with E-state index in [0.29, 0.717) is 18.7 Å². The molecule has 5 nitrogen and oxygen atoms in total. The van der Waals surface area contributed by atoms with Crippen LogP contribution in [0, 0.1) is 0 Å². The fourth-order valence-electron chi connectivity index (χ4n) is 3.22. The number of Topliss-reactive ketones (excluding diaryl/α,β-unsaturated/α-hetero) is 1. The third-order valence-corrected chi connectivity index (χ3v) is 4.64. The molecule has 1 fully saturated rings. The number of hydrogen-bond acceptors (Lipinski definition) is 4. The first kappa shape index (κ1) is 17.2. The van der Waals surface area contributed by atoms with E-state index in [4.69, 9.17) is 0 Å². The number of benzene rings is 2. The van der Waals surface area contributed by atoms with Gasteiger partial charge in [0.15, 0.2) is 5.78 Å². The Kier molecular flexibility index (Phi) is 5.46. The van der Waals surface area contributed by atoms with Crippen molar-refractivity contribution in [3.8, 4) is 0 Å². The van der Waals surface area contributed by atoms with Gasteiger partial charge in [0.25, 0.3) is 0 Å². The van der Waals surface area contributed by atoms with Crippen molar-refractivity contribution in [3.05, 3.63) is 66.2 Å². The van der Waals surface area contributed by atoms with Gasteiger partial charge in [0.05, 0.1) is 0 Å². The topological polar surface area (TPSA) is 60.9 Å². The van der Waals surface area contributed by atoms with E-state index in [9.17, 15) is 14.7 Å². The summed E-state index contributed by atoms with van der Waals surface area (Å²) in [6.07, 6.45) is 0.00465. The number of nitrogens with zero attached hydrogens (tertiary/aromatic N) is 2. The zero-order chi connectivity index (χ0) is 17.6. The molecule has 1 saturated heterocycles. The van der Waals surface area contributed by atoms with Crippen LogP contribution in [0.2, 0.25) is 0 Å².